The van der Waals surface area contributed by atoms with Crippen LogP contribution in [0.5, 0.6) is 5.75 Å². The van der Waals surface area contributed by atoms with Crippen LogP contribution in [-0.4, -0.2) is 15.2 Å². The fraction of sp³-hybridized carbons (Fsp3) is 0.111. The summed E-state index contributed by atoms with van der Waals surface area (Å²) in [6.45, 7) is 0.129. The molecule has 0 aliphatic rings. The van der Waals surface area contributed by atoms with Crippen LogP contribution in [-0.2, 0) is 6.61 Å². The van der Waals surface area contributed by atoms with Crippen molar-refractivity contribution in [1.82, 2.24) is 15.2 Å². The molecule has 78 valence electrons. The molecule has 6 heteroatoms. The Morgan fingerprint density at radius 3 is 2.67 bits per heavy atom. The van der Waals surface area contributed by atoms with Crippen LogP contribution in [0.15, 0.2) is 29.1 Å². The number of benzene rings is 1. The molecule has 0 saturated heterocycles. The molecular weight excluding hydrogens is 201 g/mol. The lowest BCUT2D eigenvalue weighted by Gasteiger charge is -2.02. The van der Waals surface area contributed by atoms with Gasteiger partial charge in [-0.3, -0.25) is 4.98 Å². The Bertz CT molecular complexity index is 489. The molecule has 1 heterocycles. The fourth-order valence-corrected chi connectivity index (χ4v) is 1.06. The summed E-state index contributed by atoms with van der Waals surface area (Å²) in [6.07, 6.45) is 0. The monoisotopic (exact) mass is 209 g/mol. The molecule has 2 N–H and O–H groups in total. The van der Waals surface area contributed by atoms with E-state index in [9.17, 15) is 9.18 Å². The minimum atomic E-state index is -0.382. The maximum Gasteiger partial charge on any atom is 0.340 e. The van der Waals surface area contributed by atoms with E-state index in [1.165, 1.54) is 24.3 Å². The molecule has 2 rings (SSSR count). The average molecular weight is 209 g/mol. The van der Waals surface area contributed by atoms with E-state index in [4.69, 9.17) is 4.74 Å². The van der Waals surface area contributed by atoms with Gasteiger partial charge in [0.2, 0.25) is 0 Å². The number of nitrogens with zero attached hydrogens (tertiary/aromatic N) is 1. The molecule has 0 aliphatic carbocycles. The molecule has 0 unspecified atom stereocenters. The largest absolute Gasteiger partial charge is 0.486 e. The molecule has 0 radical (unpaired) electrons. The molecule has 1 aromatic carbocycles. The summed E-state index contributed by atoms with van der Waals surface area (Å²) in [5.41, 5.74) is -0.382. The van der Waals surface area contributed by atoms with Gasteiger partial charge in [-0.25, -0.2) is 14.3 Å². The predicted octanol–water partition coefficient (Wildman–Crippen LogP) is 0.816. The molecule has 5 nitrogen and oxygen atoms in total. The van der Waals surface area contributed by atoms with Gasteiger partial charge in [-0.15, -0.1) is 0 Å². The summed E-state index contributed by atoms with van der Waals surface area (Å²) in [5.74, 6) is 0.583. The van der Waals surface area contributed by atoms with Crippen molar-refractivity contribution in [3.05, 3.63) is 46.4 Å². The normalized spacial score (nSPS) is 10.2. The van der Waals surface area contributed by atoms with E-state index < -0.39 is 0 Å². The van der Waals surface area contributed by atoms with Gasteiger partial charge in [0.05, 0.1) is 0 Å². The second-order valence-electron chi connectivity index (χ2n) is 2.87. The van der Waals surface area contributed by atoms with Gasteiger partial charge in [0, 0.05) is 0 Å². The predicted molar refractivity (Wildman–Crippen MR) is 49.9 cm³/mol. The molecular formula is C9H8FN3O2. The quantitative estimate of drug-likeness (QED) is 0.786. The number of hydrogen-bond donors (Lipinski definition) is 2. The highest BCUT2D eigenvalue weighted by Crippen LogP contribution is 2.11. The van der Waals surface area contributed by atoms with E-state index in [2.05, 4.69) is 15.2 Å². The summed E-state index contributed by atoms with van der Waals surface area (Å²) in [6, 6.07) is 5.59. The molecule has 15 heavy (non-hydrogen) atoms. The van der Waals surface area contributed by atoms with Crippen molar-refractivity contribution in [2.45, 2.75) is 6.61 Å². The van der Waals surface area contributed by atoms with Crippen molar-refractivity contribution >= 4 is 0 Å². The van der Waals surface area contributed by atoms with Crippen LogP contribution in [0.1, 0.15) is 5.82 Å². The lowest BCUT2D eigenvalue weighted by Crippen LogP contribution is -2.02. The first kappa shape index (κ1) is 9.45. The standard InChI is InChI=1S/C9H8FN3O2/c10-6-1-3-7(4-2-6)15-5-8-11-9(14)13-12-8/h1-4H,5H2,(H2,11,12,13,14). The number of H-pyrrole nitrogens is 2. The third-order valence-corrected chi connectivity index (χ3v) is 1.74. The van der Waals surface area contributed by atoms with Crippen LogP contribution >= 0.6 is 0 Å². The van der Waals surface area contributed by atoms with E-state index in [0.29, 0.717) is 11.6 Å². The van der Waals surface area contributed by atoms with Crippen LogP contribution < -0.4 is 10.4 Å². The number of halogens is 1. The molecule has 0 atom stereocenters. The highest BCUT2D eigenvalue weighted by molar-refractivity contribution is 5.22. The van der Waals surface area contributed by atoms with E-state index >= 15 is 0 Å². The third-order valence-electron chi connectivity index (χ3n) is 1.74. The highest BCUT2D eigenvalue weighted by Gasteiger charge is 1.99. The van der Waals surface area contributed by atoms with Gasteiger partial charge in [-0.1, -0.05) is 0 Å². The fourth-order valence-electron chi connectivity index (χ4n) is 1.06. The second-order valence-corrected chi connectivity index (χ2v) is 2.87. The Morgan fingerprint density at radius 2 is 2.07 bits per heavy atom. The Kier molecular flexibility index (Phi) is 2.49. The number of hydrogen-bond acceptors (Lipinski definition) is 3. The van der Waals surface area contributed by atoms with Crippen molar-refractivity contribution in [2.24, 2.45) is 0 Å². The zero-order valence-corrected chi connectivity index (χ0v) is 7.66. The maximum absolute atomic E-state index is 12.5. The van der Waals surface area contributed by atoms with Crippen molar-refractivity contribution in [2.75, 3.05) is 0 Å². The van der Waals surface area contributed by atoms with Crippen LogP contribution in [0, 0.1) is 5.82 Å². The maximum atomic E-state index is 12.5. The van der Waals surface area contributed by atoms with Crippen molar-refractivity contribution in [3.8, 4) is 5.75 Å². The SMILES string of the molecule is O=c1[nH]nc(COc2ccc(F)cc2)[nH]1. The molecule has 2 aromatic rings. The summed E-state index contributed by atoms with van der Waals surface area (Å²) in [5, 5.41) is 5.87. The molecule has 0 spiro atoms. The van der Waals surface area contributed by atoms with E-state index in [0.717, 1.165) is 0 Å². The van der Waals surface area contributed by atoms with Gasteiger partial charge in [0.25, 0.3) is 0 Å². The smallest absolute Gasteiger partial charge is 0.340 e. The number of ether oxygens (including phenoxy) is 1. The van der Waals surface area contributed by atoms with Crippen molar-refractivity contribution in [3.63, 3.8) is 0 Å². The zero-order chi connectivity index (χ0) is 10.7. The van der Waals surface area contributed by atoms with Crippen LogP contribution in [0.4, 0.5) is 4.39 Å². The summed E-state index contributed by atoms with van der Waals surface area (Å²) in [4.78, 5) is 13.1. The van der Waals surface area contributed by atoms with Gasteiger partial charge in [0.1, 0.15) is 18.2 Å². The molecule has 0 bridgehead atoms. The van der Waals surface area contributed by atoms with Gasteiger partial charge in [0.15, 0.2) is 5.82 Å². The third kappa shape index (κ3) is 2.43. The van der Waals surface area contributed by atoms with Crippen molar-refractivity contribution in [1.29, 1.82) is 0 Å². The highest BCUT2D eigenvalue weighted by atomic mass is 19.1. The summed E-state index contributed by atoms with van der Waals surface area (Å²) >= 11 is 0. The molecule has 0 aliphatic heterocycles. The first-order valence-electron chi connectivity index (χ1n) is 4.26. The van der Waals surface area contributed by atoms with E-state index in [1.807, 2.05) is 0 Å². The number of rotatable bonds is 3. The molecule has 0 saturated carbocycles. The van der Waals surface area contributed by atoms with E-state index in [1.54, 1.807) is 0 Å². The topological polar surface area (TPSA) is 70.8 Å². The number of aromatic nitrogens is 3. The first-order chi connectivity index (χ1) is 7.24. The summed E-state index contributed by atoms with van der Waals surface area (Å²) < 4.78 is 17.8. The Balaban J connectivity index is 1.99. The molecule has 0 amide bonds. The summed E-state index contributed by atoms with van der Waals surface area (Å²) in [7, 11) is 0. The Labute approximate surface area is 83.9 Å². The van der Waals surface area contributed by atoms with Crippen LogP contribution in [0.3, 0.4) is 0 Å². The van der Waals surface area contributed by atoms with Crippen molar-refractivity contribution < 1.29 is 9.13 Å². The Morgan fingerprint density at radius 1 is 1.33 bits per heavy atom. The number of aromatic amines is 2. The Hall–Kier alpha value is -2.11. The van der Waals surface area contributed by atoms with Crippen LogP contribution in [0.25, 0.3) is 0 Å². The van der Waals surface area contributed by atoms with Gasteiger partial charge < -0.3 is 4.74 Å². The average Bonchev–Trinajstić information content (AvgIpc) is 2.64. The second kappa shape index (κ2) is 3.95. The minimum absolute atomic E-state index is 0.129. The first-order valence-corrected chi connectivity index (χ1v) is 4.26. The lowest BCUT2D eigenvalue weighted by molar-refractivity contribution is 0.296. The minimum Gasteiger partial charge on any atom is -0.486 e. The molecule has 0 fully saturated rings. The number of nitrogens with one attached hydrogen (secondary N) is 2. The zero-order valence-electron chi connectivity index (χ0n) is 7.66. The van der Waals surface area contributed by atoms with Gasteiger partial charge in [-0.2, -0.15) is 5.10 Å². The van der Waals surface area contributed by atoms with Gasteiger partial charge >= 0.3 is 5.69 Å². The van der Waals surface area contributed by atoms with Crippen LogP contribution in [0.2, 0.25) is 0 Å². The van der Waals surface area contributed by atoms with E-state index in [-0.39, 0.29) is 18.1 Å². The van der Waals surface area contributed by atoms with Gasteiger partial charge in [-0.05, 0) is 24.3 Å². The molecule has 1 aromatic heterocycles. The lowest BCUT2D eigenvalue weighted by atomic mass is 10.3.